The smallest absolute Gasteiger partial charge is 0.407 e. The average molecular weight is 1010 g/mol. The van der Waals surface area contributed by atoms with Crippen LogP contribution >= 0.6 is 22.6 Å². The zero-order valence-electron chi connectivity index (χ0n) is 34.6. The molecule has 5 rings (SSSR count). The van der Waals surface area contributed by atoms with Crippen LogP contribution in [0.3, 0.4) is 0 Å². The van der Waals surface area contributed by atoms with Gasteiger partial charge in [0.2, 0.25) is 25.9 Å². The van der Waals surface area contributed by atoms with Gasteiger partial charge >= 0.3 is 12.2 Å². The van der Waals surface area contributed by atoms with Gasteiger partial charge in [0.15, 0.2) is 0 Å². The molecule has 62 heavy (non-hydrogen) atoms. The van der Waals surface area contributed by atoms with Crippen LogP contribution in [0.25, 0.3) is 11.4 Å². The second-order valence-electron chi connectivity index (χ2n) is 14.8. The molecule has 0 aliphatic heterocycles. The number of benzene rings is 4. The number of halogens is 1. The molecule has 332 valence electrons. The summed E-state index contributed by atoms with van der Waals surface area (Å²) in [6, 6.07) is 21.7. The van der Waals surface area contributed by atoms with Crippen molar-refractivity contribution in [1.29, 1.82) is 0 Å². The van der Waals surface area contributed by atoms with Gasteiger partial charge in [0, 0.05) is 35.3 Å². The van der Waals surface area contributed by atoms with Gasteiger partial charge in [-0.1, -0.05) is 36.4 Å². The molecule has 0 aliphatic carbocycles. The Morgan fingerprint density at radius 2 is 1.29 bits per heavy atom. The lowest BCUT2D eigenvalue weighted by Crippen LogP contribution is -2.55. The van der Waals surface area contributed by atoms with Gasteiger partial charge in [-0.15, -0.1) is 10.2 Å². The fourth-order valence-electron chi connectivity index (χ4n) is 6.23. The lowest BCUT2D eigenvalue weighted by molar-refractivity contribution is 0.0923. The van der Waals surface area contributed by atoms with E-state index in [0.717, 1.165) is 20.8 Å². The molecule has 1 atom stereocenters. The number of nitrogens with one attached hydrogen (secondary N) is 2. The minimum absolute atomic E-state index is 0.121. The van der Waals surface area contributed by atoms with E-state index in [-0.39, 0.29) is 34.6 Å². The fraction of sp³-hybridized carbons (Fsp3) is 0.325. The molecule has 22 heteroatoms. The first kappa shape index (κ1) is 47.5. The van der Waals surface area contributed by atoms with Crippen molar-refractivity contribution in [2.45, 2.75) is 61.8 Å². The topological polar surface area (TPSA) is 245 Å². The van der Waals surface area contributed by atoms with Gasteiger partial charge in [-0.3, -0.25) is 0 Å². The number of hydrogen-bond acceptors (Lipinski definition) is 12. The van der Waals surface area contributed by atoms with Gasteiger partial charge in [-0.25, -0.2) is 31.1 Å². The Bertz CT molecular complexity index is 2520. The molecule has 0 bridgehead atoms. The number of nitrogens with zero attached hydrogens (tertiary/aromatic N) is 6. The van der Waals surface area contributed by atoms with Gasteiger partial charge in [0.05, 0.1) is 39.5 Å². The summed E-state index contributed by atoms with van der Waals surface area (Å²) < 4.78 is 79.7. The Balaban J connectivity index is 1.67. The first-order chi connectivity index (χ1) is 29.2. The first-order valence-corrected chi connectivity index (χ1v) is 22.7. The zero-order chi connectivity index (χ0) is 45.4. The van der Waals surface area contributed by atoms with E-state index in [9.17, 15) is 28.2 Å². The molecule has 19 nitrogen and oxygen atoms in total. The van der Waals surface area contributed by atoms with E-state index in [1.54, 1.807) is 93.6 Å². The van der Waals surface area contributed by atoms with Crippen LogP contribution in [0.15, 0.2) is 94.7 Å². The molecule has 0 fully saturated rings. The number of carbonyl (C=O) groups is 2. The van der Waals surface area contributed by atoms with Crippen LogP contribution in [0.1, 0.15) is 37.5 Å². The number of sulfonamides is 2. The number of methoxy groups -OCH3 is 3. The van der Waals surface area contributed by atoms with Crippen LogP contribution in [-0.4, -0.2) is 115 Å². The largest absolute Gasteiger partial charge is 0.497 e. The van der Waals surface area contributed by atoms with Crippen molar-refractivity contribution < 1.29 is 50.8 Å². The standard InChI is InChI=1S/C40H47IN8O11S2/c1-40(2,3)48(39(52)53)25-29(43-38(50)51)21-42-61(54,55)34-20-19-33(41)35(37-44-46-49(45-37)24-28-11-17-32(60-6)18-12-28)36(34)62(56,57)47(22-26-7-13-30(58-4)14-8-26)23-27-9-15-31(59-5)16-10-27/h7-20,29,42-43H,21-25H2,1-6H3,(H,50,51)(H,52,53). The van der Waals surface area contributed by atoms with E-state index >= 15 is 8.42 Å². The molecule has 0 aliphatic rings. The average Bonchev–Trinajstić information content (AvgIpc) is 3.69. The highest BCUT2D eigenvalue weighted by molar-refractivity contribution is 14.1. The molecule has 5 aromatic rings. The molecule has 4 N–H and O–H groups in total. The Labute approximate surface area is 373 Å². The second kappa shape index (κ2) is 20.1. The minimum atomic E-state index is -4.89. The summed E-state index contributed by atoms with van der Waals surface area (Å²) in [6.07, 6.45) is -2.90. The summed E-state index contributed by atoms with van der Waals surface area (Å²) in [5.74, 6) is 1.50. The van der Waals surface area contributed by atoms with Crippen molar-refractivity contribution in [2.24, 2.45) is 0 Å². The molecule has 0 saturated heterocycles. The van der Waals surface area contributed by atoms with Crippen molar-refractivity contribution in [1.82, 2.24) is 39.5 Å². The van der Waals surface area contributed by atoms with Crippen LogP contribution in [0.5, 0.6) is 17.2 Å². The summed E-state index contributed by atoms with van der Waals surface area (Å²) >= 11 is 1.88. The van der Waals surface area contributed by atoms with Gasteiger partial charge < -0.3 is 34.6 Å². The van der Waals surface area contributed by atoms with E-state index < -0.39 is 66.7 Å². The summed E-state index contributed by atoms with van der Waals surface area (Å²) in [4.78, 5) is 24.8. The molecule has 0 saturated carbocycles. The SMILES string of the molecule is COc1ccc(CN(Cc2ccc(OC)cc2)S(=O)(=O)c2c(S(=O)(=O)NCC(CN(C(=O)O)C(C)(C)C)NC(=O)O)ccc(I)c2-c2nnn(Cc3ccc(OC)cc3)n2)cc1. The molecule has 2 amide bonds. The summed E-state index contributed by atoms with van der Waals surface area (Å²) in [5, 5.41) is 34.6. The van der Waals surface area contributed by atoms with Crippen molar-refractivity contribution in [2.75, 3.05) is 34.4 Å². The Morgan fingerprint density at radius 3 is 1.74 bits per heavy atom. The van der Waals surface area contributed by atoms with Gasteiger partial charge in [-0.2, -0.15) is 9.10 Å². The normalized spacial score (nSPS) is 12.5. The zero-order valence-corrected chi connectivity index (χ0v) is 38.4. The van der Waals surface area contributed by atoms with E-state index in [0.29, 0.717) is 28.4 Å². The summed E-state index contributed by atoms with van der Waals surface area (Å²) in [7, 11) is -5.23. The maximum atomic E-state index is 15.5. The van der Waals surface area contributed by atoms with Gasteiger partial charge in [-0.05, 0) is 114 Å². The Morgan fingerprint density at radius 1 is 0.790 bits per heavy atom. The second-order valence-corrected chi connectivity index (χ2v) is 19.5. The van der Waals surface area contributed by atoms with Crippen LogP contribution in [0.2, 0.25) is 0 Å². The lowest BCUT2D eigenvalue weighted by atomic mass is 10.1. The number of carboxylic acid groups (broad SMARTS) is 2. The highest BCUT2D eigenvalue weighted by atomic mass is 127. The van der Waals surface area contributed by atoms with Crippen molar-refractivity contribution in [3.63, 3.8) is 0 Å². The third kappa shape index (κ3) is 11.9. The Hall–Kier alpha value is -5.56. The molecule has 1 unspecified atom stereocenters. The molecule has 1 aromatic heterocycles. The van der Waals surface area contributed by atoms with Crippen molar-refractivity contribution in [3.05, 3.63) is 105 Å². The molecule has 0 spiro atoms. The Kier molecular flexibility index (Phi) is 15.4. The minimum Gasteiger partial charge on any atom is -0.497 e. The quantitative estimate of drug-likeness (QED) is 0.0787. The molecular formula is C40H47IN8O11S2. The van der Waals surface area contributed by atoms with Crippen molar-refractivity contribution in [3.8, 4) is 28.6 Å². The van der Waals surface area contributed by atoms with Gasteiger partial charge in [0.1, 0.15) is 27.0 Å². The van der Waals surface area contributed by atoms with E-state index in [2.05, 4.69) is 25.4 Å². The predicted molar refractivity (Wildman–Crippen MR) is 235 cm³/mol. The third-order valence-electron chi connectivity index (χ3n) is 9.44. The van der Waals surface area contributed by atoms with Crippen LogP contribution in [0, 0.1) is 3.57 Å². The van der Waals surface area contributed by atoms with Gasteiger partial charge in [0.25, 0.3) is 0 Å². The van der Waals surface area contributed by atoms with Crippen LogP contribution in [0.4, 0.5) is 9.59 Å². The number of aromatic nitrogens is 4. The van der Waals surface area contributed by atoms with Crippen molar-refractivity contribution >= 4 is 54.8 Å². The maximum absolute atomic E-state index is 15.5. The molecule has 4 aromatic carbocycles. The highest BCUT2D eigenvalue weighted by Gasteiger charge is 2.38. The fourth-order valence-corrected chi connectivity index (χ4v) is 10.6. The molecular weight excluding hydrogens is 960 g/mol. The maximum Gasteiger partial charge on any atom is 0.407 e. The monoisotopic (exact) mass is 1010 g/mol. The third-order valence-corrected chi connectivity index (χ3v) is 13.8. The number of ether oxygens (including phenoxy) is 3. The molecule has 0 radical (unpaired) electrons. The van der Waals surface area contributed by atoms with Crippen LogP contribution < -0.4 is 24.2 Å². The number of rotatable bonds is 19. The number of tetrazole rings is 1. The number of amides is 2. The van der Waals surface area contributed by atoms with E-state index in [1.165, 1.54) is 32.2 Å². The summed E-state index contributed by atoms with van der Waals surface area (Å²) in [6.45, 7) is 3.35. The van der Waals surface area contributed by atoms with E-state index in [4.69, 9.17) is 14.2 Å². The van der Waals surface area contributed by atoms with Crippen LogP contribution in [-0.2, 0) is 39.7 Å². The predicted octanol–water partition coefficient (Wildman–Crippen LogP) is 5.10. The highest BCUT2D eigenvalue weighted by Crippen LogP contribution is 2.38. The number of hydrogen-bond donors (Lipinski definition) is 4. The molecule has 1 heterocycles. The summed E-state index contributed by atoms with van der Waals surface area (Å²) in [5.41, 5.74) is 0.704. The van der Waals surface area contributed by atoms with E-state index in [1.807, 2.05) is 22.6 Å². The lowest BCUT2D eigenvalue weighted by Gasteiger charge is -2.35. The first-order valence-electron chi connectivity index (χ1n) is 18.7.